The van der Waals surface area contributed by atoms with Crippen molar-refractivity contribution < 1.29 is 34.5 Å². The lowest BCUT2D eigenvalue weighted by Gasteiger charge is -2.27. The molecule has 0 aliphatic heterocycles. The molecule has 5 atom stereocenters. The molecule has 12 nitrogen and oxygen atoms in total. The zero-order chi connectivity index (χ0) is 28.1. The van der Waals surface area contributed by atoms with E-state index in [1.165, 1.54) is 19.1 Å². The number of amides is 3. The summed E-state index contributed by atoms with van der Waals surface area (Å²) in [5.41, 5.74) is 12.0. The van der Waals surface area contributed by atoms with Crippen molar-refractivity contribution in [1.29, 1.82) is 0 Å². The number of unbranched alkanes of at least 4 members (excludes halogenated alkanes) is 1. The summed E-state index contributed by atoms with van der Waals surface area (Å²) in [5.74, 6) is -3.29. The van der Waals surface area contributed by atoms with Crippen molar-refractivity contribution in [1.82, 2.24) is 16.0 Å². The number of phenolic OH excluding ortho intramolecular Hbond substituents is 1. The number of hydrogen-bond acceptors (Lipinski definition) is 8. The minimum absolute atomic E-state index is 0.0112. The van der Waals surface area contributed by atoms with Crippen LogP contribution in [0.4, 0.5) is 0 Å². The molecule has 1 rings (SSSR count). The van der Waals surface area contributed by atoms with Crippen molar-refractivity contribution in [3.05, 3.63) is 29.8 Å². The van der Waals surface area contributed by atoms with Gasteiger partial charge >= 0.3 is 5.97 Å². The molecule has 0 aromatic heterocycles. The number of aliphatic hydroxyl groups is 1. The highest BCUT2D eigenvalue weighted by Gasteiger charge is 2.32. The van der Waals surface area contributed by atoms with E-state index < -0.39 is 54.0 Å². The Bertz CT molecular complexity index is 892. The second-order valence-corrected chi connectivity index (χ2v) is 9.58. The number of nitrogens with one attached hydrogen (secondary N) is 3. The Labute approximate surface area is 217 Å². The van der Waals surface area contributed by atoms with E-state index in [1.807, 2.05) is 13.8 Å². The average Bonchev–Trinajstić information content (AvgIpc) is 2.81. The highest BCUT2D eigenvalue weighted by molar-refractivity contribution is 5.94. The smallest absolute Gasteiger partial charge is 0.326 e. The third-order valence-electron chi connectivity index (χ3n) is 5.70. The molecule has 208 valence electrons. The van der Waals surface area contributed by atoms with E-state index >= 15 is 0 Å². The van der Waals surface area contributed by atoms with E-state index in [0.29, 0.717) is 31.4 Å². The van der Waals surface area contributed by atoms with Gasteiger partial charge in [0.2, 0.25) is 17.7 Å². The lowest BCUT2D eigenvalue weighted by atomic mass is 10.0. The molecule has 0 heterocycles. The van der Waals surface area contributed by atoms with Gasteiger partial charge in [-0.2, -0.15) is 0 Å². The first-order valence-corrected chi connectivity index (χ1v) is 12.4. The first-order chi connectivity index (χ1) is 17.3. The van der Waals surface area contributed by atoms with Crippen LogP contribution >= 0.6 is 0 Å². The van der Waals surface area contributed by atoms with Crippen molar-refractivity contribution in [2.75, 3.05) is 6.54 Å². The van der Waals surface area contributed by atoms with Crippen molar-refractivity contribution in [3.8, 4) is 5.75 Å². The molecule has 10 N–H and O–H groups in total. The molecule has 12 heteroatoms. The molecule has 1 aromatic rings. The second-order valence-electron chi connectivity index (χ2n) is 9.58. The van der Waals surface area contributed by atoms with Crippen LogP contribution in [0.15, 0.2) is 24.3 Å². The summed E-state index contributed by atoms with van der Waals surface area (Å²) in [5, 5.41) is 36.5. The minimum Gasteiger partial charge on any atom is -0.508 e. The van der Waals surface area contributed by atoms with E-state index in [9.17, 15) is 34.5 Å². The number of carboxylic acid groups (broad SMARTS) is 1. The molecule has 0 aliphatic carbocycles. The highest BCUT2D eigenvalue weighted by Crippen LogP contribution is 2.12. The number of aliphatic carboxylic acids is 1. The summed E-state index contributed by atoms with van der Waals surface area (Å²) in [7, 11) is 0. The Kier molecular flexibility index (Phi) is 13.6. The van der Waals surface area contributed by atoms with Gasteiger partial charge in [-0.05, 0) is 62.8 Å². The maximum absolute atomic E-state index is 13.2. The molecule has 1 aromatic carbocycles. The fraction of sp³-hybridized carbons (Fsp3) is 0.600. The van der Waals surface area contributed by atoms with Gasteiger partial charge < -0.3 is 42.7 Å². The average molecular weight is 524 g/mol. The summed E-state index contributed by atoms with van der Waals surface area (Å²) in [4.78, 5) is 50.3. The predicted molar refractivity (Wildman–Crippen MR) is 137 cm³/mol. The van der Waals surface area contributed by atoms with E-state index in [4.69, 9.17) is 11.5 Å². The molecule has 37 heavy (non-hydrogen) atoms. The number of carbonyl (C=O) groups is 4. The Balaban J connectivity index is 3.06. The number of phenols is 1. The number of hydrogen-bond donors (Lipinski definition) is 8. The van der Waals surface area contributed by atoms with Crippen LogP contribution < -0.4 is 27.4 Å². The first-order valence-electron chi connectivity index (χ1n) is 12.4. The minimum atomic E-state index is -1.48. The number of aromatic hydroxyl groups is 1. The van der Waals surface area contributed by atoms with Crippen molar-refractivity contribution >= 4 is 23.7 Å². The van der Waals surface area contributed by atoms with Gasteiger partial charge in [-0.1, -0.05) is 26.0 Å². The maximum Gasteiger partial charge on any atom is 0.326 e. The normalized spacial score (nSPS) is 15.2. The van der Waals surface area contributed by atoms with Gasteiger partial charge in [0, 0.05) is 6.42 Å². The number of nitrogens with two attached hydrogens (primary N) is 2. The van der Waals surface area contributed by atoms with Crippen LogP contribution in [0.3, 0.4) is 0 Å². The van der Waals surface area contributed by atoms with Crippen LogP contribution in [0.5, 0.6) is 5.75 Å². The standard InChI is InChI=1S/C25H41N5O7/c1-14(2)12-18(27)22(33)29-20(13-16-7-9-17(32)10-8-16)23(34)30-21(15(3)31)24(35)28-19(25(36)37)6-4-5-11-26/h7-10,14-15,18-21,31-32H,4-6,11-13,26-27H2,1-3H3,(H,28,35)(H,29,33)(H,30,34)(H,36,37). The Morgan fingerprint density at radius 3 is 2.00 bits per heavy atom. The van der Waals surface area contributed by atoms with E-state index in [2.05, 4.69) is 16.0 Å². The molecular formula is C25H41N5O7. The SMILES string of the molecule is CC(C)CC(N)C(=O)NC(Cc1ccc(O)cc1)C(=O)NC(C(=O)NC(CCCCN)C(=O)O)C(C)O. The lowest BCUT2D eigenvalue weighted by molar-refractivity contribution is -0.143. The zero-order valence-electron chi connectivity index (χ0n) is 21.6. The molecule has 0 fully saturated rings. The number of carboxylic acids is 1. The summed E-state index contributed by atoms with van der Waals surface area (Å²) in [6.07, 6.45) is 0.211. The van der Waals surface area contributed by atoms with Gasteiger partial charge in [0.1, 0.15) is 23.9 Å². The van der Waals surface area contributed by atoms with Crippen LogP contribution in [0.2, 0.25) is 0 Å². The van der Waals surface area contributed by atoms with Gasteiger partial charge in [-0.3, -0.25) is 14.4 Å². The molecular weight excluding hydrogens is 482 g/mol. The van der Waals surface area contributed by atoms with Crippen LogP contribution in [0.1, 0.15) is 52.0 Å². The van der Waals surface area contributed by atoms with Crippen LogP contribution in [-0.4, -0.2) is 75.8 Å². The van der Waals surface area contributed by atoms with Gasteiger partial charge in [-0.15, -0.1) is 0 Å². The quantitative estimate of drug-likeness (QED) is 0.129. The molecule has 0 bridgehead atoms. The Hall–Kier alpha value is -3.22. The third kappa shape index (κ3) is 11.6. The van der Waals surface area contributed by atoms with Crippen molar-refractivity contribution in [2.24, 2.45) is 17.4 Å². The third-order valence-corrected chi connectivity index (χ3v) is 5.70. The Morgan fingerprint density at radius 2 is 1.49 bits per heavy atom. The summed E-state index contributed by atoms with van der Waals surface area (Å²) >= 11 is 0. The first kappa shape index (κ1) is 31.8. The number of carbonyl (C=O) groups excluding carboxylic acids is 3. The summed E-state index contributed by atoms with van der Waals surface area (Å²) in [6, 6.07) is 1.28. The number of benzene rings is 1. The Morgan fingerprint density at radius 1 is 0.892 bits per heavy atom. The van der Waals surface area contributed by atoms with Crippen LogP contribution in [0.25, 0.3) is 0 Å². The summed E-state index contributed by atoms with van der Waals surface area (Å²) < 4.78 is 0. The fourth-order valence-corrected chi connectivity index (χ4v) is 3.64. The van der Waals surface area contributed by atoms with Crippen LogP contribution in [-0.2, 0) is 25.6 Å². The van der Waals surface area contributed by atoms with Gasteiger partial charge in [0.25, 0.3) is 0 Å². The monoisotopic (exact) mass is 523 g/mol. The molecule has 3 amide bonds. The highest BCUT2D eigenvalue weighted by atomic mass is 16.4. The fourth-order valence-electron chi connectivity index (χ4n) is 3.64. The van der Waals surface area contributed by atoms with E-state index in [1.54, 1.807) is 12.1 Å². The lowest BCUT2D eigenvalue weighted by Crippen LogP contribution is -2.60. The molecule has 0 spiro atoms. The number of rotatable bonds is 16. The van der Waals surface area contributed by atoms with Gasteiger partial charge in [0.15, 0.2) is 0 Å². The largest absolute Gasteiger partial charge is 0.508 e. The topological polar surface area (TPSA) is 217 Å². The zero-order valence-corrected chi connectivity index (χ0v) is 21.6. The molecule has 5 unspecified atom stereocenters. The molecule has 0 aliphatic rings. The van der Waals surface area contributed by atoms with Gasteiger partial charge in [0.05, 0.1) is 12.1 Å². The maximum atomic E-state index is 13.2. The molecule has 0 radical (unpaired) electrons. The van der Waals surface area contributed by atoms with Gasteiger partial charge in [-0.25, -0.2) is 4.79 Å². The summed E-state index contributed by atoms with van der Waals surface area (Å²) in [6.45, 7) is 5.46. The van der Waals surface area contributed by atoms with Crippen molar-refractivity contribution in [2.45, 2.75) is 83.1 Å². The predicted octanol–water partition coefficient (Wildman–Crippen LogP) is -0.643. The second kappa shape index (κ2) is 15.8. The number of aliphatic hydroxyl groups excluding tert-OH is 1. The molecule has 0 saturated heterocycles. The van der Waals surface area contributed by atoms with Crippen LogP contribution in [0, 0.1) is 5.92 Å². The molecule has 0 saturated carbocycles. The van der Waals surface area contributed by atoms with E-state index in [0.717, 1.165) is 0 Å². The van der Waals surface area contributed by atoms with Crippen molar-refractivity contribution in [3.63, 3.8) is 0 Å². The van der Waals surface area contributed by atoms with E-state index in [-0.39, 0.29) is 24.5 Å².